The van der Waals surface area contributed by atoms with Gasteiger partial charge in [-0.3, -0.25) is 4.79 Å². The minimum absolute atomic E-state index is 0.233. The Labute approximate surface area is 97.3 Å². The predicted octanol–water partition coefficient (Wildman–Crippen LogP) is 1.22. The molecule has 0 spiro atoms. The zero-order valence-electron chi connectivity index (χ0n) is 9.22. The third-order valence-corrected chi connectivity index (χ3v) is 2.31. The highest BCUT2D eigenvalue weighted by Gasteiger charge is 2.14. The van der Waals surface area contributed by atoms with Crippen LogP contribution >= 0.6 is 0 Å². The molecule has 5 nitrogen and oxygen atoms in total. The molecule has 0 atom stereocenters. The normalized spacial score (nSPS) is 10.2. The van der Waals surface area contributed by atoms with Crippen molar-refractivity contribution in [3.8, 4) is 0 Å². The lowest BCUT2D eigenvalue weighted by Crippen LogP contribution is -2.26. The van der Waals surface area contributed by atoms with Gasteiger partial charge in [0.15, 0.2) is 5.69 Å². The zero-order chi connectivity index (χ0) is 12.3. The van der Waals surface area contributed by atoms with Crippen molar-refractivity contribution >= 4 is 5.91 Å². The summed E-state index contributed by atoms with van der Waals surface area (Å²) in [7, 11) is 1.65. The van der Waals surface area contributed by atoms with E-state index in [2.05, 4.69) is 15.4 Å². The molecule has 2 rings (SSSR count). The van der Waals surface area contributed by atoms with Crippen molar-refractivity contribution in [3.63, 3.8) is 0 Å². The first-order valence-corrected chi connectivity index (χ1v) is 5.02. The number of halogens is 1. The summed E-state index contributed by atoms with van der Waals surface area (Å²) in [5, 5.41) is 9.66. The number of hydrogen-bond donors (Lipinski definition) is 1. The number of carbonyl (C=O) groups is 1. The van der Waals surface area contributed by atoms with Crippen LogP contribution in [0.3, 0.4) is 0 Å². The van der Waals surface area contributed by atoms with Crippen LogP contribution in [0.25, 0.3) is 0 Å². The largest absolute Gasteiger partial charge is 0.336 e. The molecule has 1 aromatic carbocycles. The number of hydrogen-bond acceptors (Lipinski definition) is 3. The number of H-pyrrole nitrogens is 1. The Bertz CT molecular complexity index is 495. The molecule has 17 heavy (non-hydrogen) atoms. The first kappa shape index (κ1) is 11.3. The number of aromatic amines is 1. The van der Waals surface area contributed by atoms with Crippen LogP contribution in [-0.2, 0) is 6.54 Å². The number of benzene rings is 1. The van der Waals surface area contributed by atoms with E-state index in [1.54, 1.807) is 19.2 Å². The van der Waals surface area contributed by atoms with Crippen LogP contribution in [0.4, 0.5) is 4.39 Å². The molecule has 0 unspecified atom stereocenters. The summed E-state index contributed by atoms with van der Waals surface area (Å²) in [6, 6.07) is 6.01. The van der Waals surface area contributed by atoms with Gasteiger partial charge < -0.3 is 4.90 Å². The number of nitrogens with zero attached hydrogens (tertiary/aromatic N) is 3. The van der Waals surface area contributed by atoms with Gasteiger partial charge in [-0.2, -0.15) is 15.4 Å². The number of amides is 1. The molecule has 1 heterocycles. The molecule has 1 N–H and O–H groups in total. The molecule has 2 aromatic rings. The first-order chi connectivity index (χ1) is 8.16. The van der Waals surface area contributed by atoms with Crippen LogP contribution in [0.5, 0.6) is 0 Å². The Kier molecular flexibility index (Phi) is 3.13. The topological polar surface area (TPSA) is 61.9 Å². The van der Waals surface area contributed by atoms with Gasteiger partial charge in [0, 0.05) is 13.6 Å². The van der Waals surface area contributed by atoms with Crippen LogP contribution in [0, 0.1) is 5.82 Å². The van der Waals surface area contributed by atoms with Crippen LogP contribution in [0.1, 0.15) is 16.1 Å². The van der Waals surface area contributed by atoms with Crippen molar-refractivity contribution in [1.82, 2.24) is 20.3 Å². The summed E-state index contributed by atoms with van der Waals surface area (Å²) in [5.41, 5.74) is 1.11. The number of rotatable bonds is 3. The highest BCUT2D eigenvalue weighted by Crippen LogP contribution is 2.07. The monoisotopic (exact) mass is 234 g/mol. The Morgan fingerprint density at radius 3 is 2.71 bits per heavy atom. The second-order valence-corrected chi connectivity index (χ2v) is 3.64. The maximum atomic E-state index is 12.7. The third-order valence-electron chi connectivity index (χ3n) is 2.31. The molecule has 1 amide bonds. The zero-order valence-corrected chi connectivity index (χ0v) is 9.22. The summed E-state index contributed by atoms with van der Waals surface area (Å²) < 4.78 is 12.7. The van der Waals surface area contributed by atoms with Crippen LogP contribution in [0.15, 0.2) is 30.5 Å². The molecule has 0 saturated heterocycles. The van der Waals surface area contributed by atoms with Gasteiger partial charge in [0.1, 0.15) is 5.82 Å². The van der Waals surface area contributed by atoms with Gasteiger partial charge in [0.05, 0.1) is 6.20 Å². The Morgan fingerprint density at radius 2 is 2.12 bits per heavy atom. The van der Waals surface area contributed by atoms with Crippen LogP contribution in [0.2, 0.25) is 0 Å². The SMILES string of the molecule is CN(Cc1ccc(F)cc1)C(=O)c1cn[nH]n1. The maximum absolute atomic E-state index is 12.7. The van der Waals surface area contributed by atoms with E-state index < -0.39 is 0 Å². The van der Waals surface area contributed by atoms with Gasteiger partial charge >= 0.3 is 0 Å². The van der Waals surface area contributed by atoms with Crippen molar-refractivity contribution in [2.24, 2.45) is 0 Å². The van der Waals surface area contributed by atoms with Crippen molar-refractivity contribution in [1.29, 1.82) is 0 Å². The fraction of sp³-hybridized carbons (Fsp3) is 0.182. The van der Waals surface area contributed by atoms with E-state index in [0.717, 1.165) is 5.56 Å². The van der Waals surface area contributed by atoms with Crippen molar-refractivity contribution in [2.45, 2.75) is 6.54 Å². The Balaban J connectivity index is 2.04. The van der Waals surface area contributed by atoms with Gasteiger partial charge in [0.2, 0.25) is 0 Å². The fourth-order valence-corrected chi connectivity index (χ4v) is 1.44. The van der Waals surface area contributed by atoms with Gasteiger partial charge in [-0.15, -0.1) is 0 Å². The second kappa shape index (κ2) is 4.73. The van der Waals surface area contributed by atoms with Crippen molar-refractivity contribution in [2.75, 3.05) is 7.05 Å². The molecular weight excluding hydrogens is 223 g/mol. The molecule has 1 aromatic heterocycles. The quantitative estimate of drug-likeness (QED) is 0.868. The standard InChI is InChI=1S/C11H11FN4O/c1-16(11(17)10-6-13-15-14-10)7-8-2-4-9(12)5-3-8/h2-6H,7H2,1H3,(H,13,14,15). The van der Waals surface area contributed by atoms with E-state index in [1.807, 2.05) is 0 Å². The molecule has 0 aliphatic rings. The molecule has 88 valence electrons. The molecule has 6 heteroatoms. The number of aromatic nitrogens is 3. The summed E-state index contributed by atoms with van der Waals surface area (Å²) in [4.78, 5) is 13.3. The molecule has 0 radical (unpaired) electrons. The first-order valence-electron chi connectivity index (χ1n) is 5.02. The van der Waals surface area contributed by atoms with E-state index in [1.165, 1.54) is 23.2 Å². The summed E-state index contributed by atoms with van der Waals surface area (Å²) in [6.45, 7) is 0.395. The van der Waals surface area contributed by atoms with E-state index >= 15 is 0 Å². The van der Waals surface area contributed by atoms with Crippen molar-refractivity contribution in [3.05, 3.63) is 47.5 Å². The predicted molar refractivity (Wildman–Crippen MR) is 58.6 cm³/mol. The summed E-state index contributed by atoms with van der Waals surface area (Å²) >= 11 is 0. The summed E-state index contributed by atoms with van der Waals surface area (Å²) in [5.74, 6) is -0.526. The molecule has 0 bridgehead atoms. The minimum Gasteiger partial charge on any atom is -0.336 e. The molecule has 0 saturated carbocycles. The van der Waals surface area contributed by atoms with Gasteiger partial charge in [-0.05, 0) is 17.7 Å². The lowest BCUT2D eigenvalue weighted by Gasteiger charge is -2.15. The van der Waals surface area contributed by atoms with E-state index in [0.29, 0.717) is 6.54 Å². The highest BCUT2D eigenvalue weighted by molar-refractivity contribution is 5.91. The van der Waals surface area contributed by atoms with Gasteiger partial charge in [-0.1, -0.05) is 12.1 Å². The number of nitrogens with one attached hydrogen (secondary N) is 1. The van der Waals surface area contributed by atoms with Gasteiger partial charge in [-0.25, -0.2) is 4.39 Å². The molecular formula is C11H11FN4O. The van der Waals surface area contributed by atoms with E-state index in [4.69, 9.17) is 0 Å². The lowest BCUT2D eigenvalue weighted by atomic mass is 10.2. The number of carbonyl (C=O) groups excluding carboxylic acids is 1. The molecule has 0 fully saturated rings. The maximum Gasteiger partial charge on any atom is 0.276 e. The van der Waals surface area contributed by atoms with E-state index in [-0.39, 0.29) is 17.4 Å². The summed E-state index contributed by atoms with van der Waals surface area (Å²) in [6.07, 6.45) is 1.36. The Hall–Kier alpha value is -2.24. The highest BCUT2D eigenvalue weighted by atomic mass is 19.1. The van der Waals surface area contributed by atoms with E-state index in [9.17, 15) is 9.18 Å². The Morgan fingerprint density at radius 1 is 1.41 bits per heavy atom. The van der Waals surface area contributed by atoms with Crippen LogP contribution < -0.4 is 0 Å². The minimum atomic E-state index is -0.292. The third kappa shape index (κ3) is 2.66. The fourth-order valence-electron chi connectivity index (χ4n) is 1.44. The molecule has 0 aliphatic heterocycles. The average molecular weight is 234 g/mol. The van der Waals surface area contributed by atoms with Crippen LogP contribution in [-0.4, -0.2) is 33.3 Å². The van der Waals surface area contributed by atoms with Gasteiger partial charge in [0.25, 0.3) is 5.91 Å². The van der Waals surface area contributed by atoms with Crippen molar-refractivity contribution < 1.29 is 9.18 Å². The average Bonchev–Trinajstić information content (AvgIpc) is 2.84. The smallest absolute Gasteiger partial charge is 0.276 e. The molecule has 0 aliphatic carbocycles. The lowest BCUT2D eigenvalue weighted by molar-refractivity contribution is 0.0779. The second-order valence-electron chi connectivity index (χ2n) is 3.64.